The van der Waals surface area contributed by atoms with Crippen LogP contribution in [0, 0.1) is 11.8 Å². The number of para-hydroxylation sites is 1. The fourth-order valence-electron chi connectivity index (χ4n) is 6.47. The third kappa shape index (κ3) is 7.45. The molecule has 2 atom stereocenters. The molecule has 9 nitrogen and oxygen atoms in total. The molecule has 1 aromatic heterocycles. The lowest BCUT2D eigenvalue weighted by molar-refractivity contribution is -0.0564. The highest BCUT2D eigenvalue weighted by Gasteiger charge is 2.43. The molecule has 1 unspecified atom stereocenters. The van der Waals surface area contributed by atoms with Gasteiger partial charge in [-0.3, -0.25) is 0 Å². The van der Waals surface area contributed by atoms with Crippen LogP contribution in [0.25, 0.3) is 11.0 Å². The van der Waals surface area contributed by atoms with E-state index >= 15 is 0 Å². The summed E-state index contributed by atoms with van der Waals surface area (Å²) in [5.74, 6) is 0.545. The number of rotatable bonds is 12. The van der Waals surface area contributed by atoms with Crippen molar-refractivity contribution in [3.63, 3.8) is 0 Å². The van der Waals surface area contributed by atoms with E-state index in [2.05, 4.69) is 5.43 Å². The molecule has 1 saturated heterocycles. The summed E-state index contributed by atoms with van der Waals surface area (Å²) >= 11 is 0. The number of hydrogen-bond donors (Lipinski definition) is 3. The summed E-state index contributed by atoms with van der Waals surface area (Å²) in [5.41, 5.74) is 2.83. The Morgan fingerprint density at radius 1 is 1.13 bits per heavy atom. The zero-order valence-electron chi connectivity index (χ0n) is 23.3. The quantitative estimate of drug-likeness (QED) is 0.220. The van der Waals surface area contributed by atoms with Gasteiger partial charge in [0.05, 0.1) is 11.9 Å². The highest BCUT2D eigenvalue weighted by molar-refractivity contribution is 5.81. The largest absolute Gasteiger partial charge is 0.464 e. The van der Waals surface area contributed by atoms with E-state index in [1.165, 1.54) is 25.7 Å². The molecule has 2 aromatic rings. The number of nitrogens with zero attached hydrogens (tertiary/aromatic N) is 2. The third-order valence-electron chi connectivity index (χ3n) is 8.67. The number of carbonyl (C=O) groups excluding carboxylic acids is 1. The van der Waals surface area contributed by atoms with E-state index in [9.17, 15) is 19.8 Å². The highest BCUT2D eigenvalue weighted by atomic mass is 16.5. The SMILES string of the molecule is COCCCC[C@@](O)(c1cccc2ccoc12)C1CCCN(C(=O)NN(CCCCC2CCCC2)C(=O)O)C1. The average Bonchev–Trinajstić information content (AvgIpc) is 3.64. The molecule has 9 heteroatoms. The number of likely N-dealkylation sites (tertiary alicyclic amines) is 1. The van der Waals surface area contributed by atoms with Crippen LogP contribution >= 0.6 is 0 Å². The summed E-state index contributed by atoms with van der Waals surface area (Å²) in [6.45, 7) is 1.74. The highest BCUT2D eigenvalue weighted by Crippen LogP contribution is 2.42. The van der Waals surface area contributed by atoms with Crippen LogP contribution in [-0.2, 0) is 10.3 Å². The first-order valence-electron chi connectivity index (χ1n) is 14.7. The number of unbranched alkanes of at least 4 members (excludes halogenated alkanes) is 2. The molecule has 0 spiro atoms. The first kappa shape index (κ1) is 29.2. The number of hydrogen-bond acceptors (Lipinski definition) is 5. The number of aliphatic hydroxyl groups is 1. The molecule has 4 rings (SSSR count). The van der Waals surface area contributed by atoms with Crippen molar-refractivity contribution in [2.24, 2.45) is 11.8 Å². The number of carboxylic acid groups (broad SMARTS) is 1. The predicted molar refractivity (Wildman–Crippen MR) is 149 cm³/mol. The number of methoxy groups -OCH3 is 1. The van der Waals surface area contributed by atoms with Crippen LogP contribution in [-0.4, -0.2) is 65.6 Å². The average molecular weight is 544 g/mol. The first-order valence-corrected chi connectivity index (χ1v) is 14.7. The molecule has 2 aliphatic rings. The Morgan fingerprint density at radius 3 is 2.72 bits per heavy atom. The molecular weight excluding hydrogens is 498 g/mol. The van der Waals surface area contributed by atoms with Gasteiger partial charge in [0, 0.05) is 50.2 Å². The molecule has 3 N–H and O–H groups in total. The van der Waals surface area contributed by atoms with E-state index in [0.717, 1.165) is 66.8 Å². The Labute approximate surface area is 231 Å². The minimum Gasteiger partial charge on any atom is -0.464 e. The number of carbonyl (C=O) groups is 2. The number of urea groups is 1. The first-order chi connectivity index (χ1) is 18.9. The van der Waals surface area contributed by atoms with Crippen molar-refractivity contribution < 1.29 is 29.0 Å². The van der Waals surface area contributed by atoms with Crippen LogP contribution in [0.4, 0.5) is 9.59 Å². The molecule has 2 fully saturated rings. The predicted octanol–water partition coefficient (Wildman–Crippen LogP) is 6.11. The van der Waals surface area contributed by atoms with E-state index < -0.39 is 17.7 Å². The fraction of sp³-hybridized carbons (Fsp3) is 0.667. The molecular formula is C30H45N3O6. The summed E-state index contributed by atoms with van der Waals surface area (Å²) in [4.78, 5) is 26.8. The van der Waals surface area contributed by atoms with Crippen LogP contribution < -0.4 is 5.43 Å². The number of benzene rings is 1. The third-order valence-corrected chi connectivity index (χ3v) is 8.67. The lowest BCUT2D eigenvalue weighted by Gasteiger charge is -2.43. The minimum absolute atomic E-state index is 0.222. The second kappa shape index (κ2) is 14.0. The molecule has 1 aromatic carbocycles. The number of ether oxygens (including phenoxy) is 1. The molecule has 0 radical (unpaired) electrons. The van der Waals surface area contributed by atoms with Crippen LogP contribution in [0.2, 0.25) is 0 Å². The molecule has 1 aliphatic carbocycles. The van der Waals surface area contributed by atoms with Gasteiger partial charge in [-0.25, -0.2) is 20.0 Å². The van der Waals surface area contributed by atoms with Crippen LogP contribution in [0.3, 0.4) is 0 Å². The molecule has 2 heterocycles. The zero-order valence-corrected chi connectivity index (χ0v) is 23.3. The standard InChI is InChI=1S/C30H45N3O6/c1-38-20-7-5-17-30(37,26-15-8-13-24-16-21-39-27(24)26)25-14-9-18-32(22-25)28(34)31-33(29(35)36)19-6-4-12-23-10-2-3-11-23/h8,13,15-16,21,23,25,37H,2-7,9-12,14,17-20,22H2,1H3,(H,31,34)(H,35,36)/t25?,30-/m0/s1. The summed E-state index contributed by atoms with van der Waals surface area (Å²) in [7, 11) is 1.67. The Kier molecular flexibility index (Phi) is 10.5. The smallest absolute Gasteiger partial charge is 0.426 e. The van der Waals surface area contributed by atoms with Crippen LogP contribution in [0.5, 0.6) is 0 Å². The van der Waals surface area contributed by atoms with Gasteiger partial charge in [-0.05, 0) is 50.5 Å². The molecule has 1 saturated carbocycles. The number of fused-ring (bicyclic) bond motifs is 1. The van der Waals surface area contributed by atoms with Crippen LogP contribution in [0.15, 0.2) is 34.9 Å². The molecule has 216 valence electrons. The fourth-order valence-corrected chi connectivity index (χ4v) is 6.47. The summed E-state index contributed by atoms with van der Waals surface area (Å²) in [5, 5.41) is 23.9. The normalized spacial score (nSPS) is 19.7. The minimum atomic E-state index is -1.20. The summed E-state index contributed by atoms with van der Waals surface area (Å²) < 4.78 is 11.0. The number of amides is 3. The second-order valence-corrected chi connectivity index (χ2v) is 11.3. The number of furan rings is 1. The van der Waals surface area contributed by atoms with Crippen molar-refractivity contribution in [1.29, 1.82) is 0 Å². The van der Waals surface area contributed by atoms with Gasteiger partial charge in [-0.15, -0.1) is 0 Å². The van der Waals surface area contributed by atoms with Gasteiger partial charge >= 0.3 is 12.1 Å². The lowest BCUT2D eigenvalue weighted by atomic mass is 9.73. The van der Waals surface area contributed by atoms with Gasteiger partial charge in [-0.1, -0.05) is 56.7 Å². The second-order valence-electron chi connectivity index (χ2n) is 11.3. The maximum absolute atomic E-state index is 13.2. The van der Waals surface area contributed by atoms with Crippen molar-refractivity contribution in [3.05, 3.63) is 36.1 Å². The topological polar surface area (TPSA) is 115 Å². The number of nitrogens with one attached hydrogen (secondary N) is 1. The van der Waals surface area contributed by atoms with Crippen molar-refractivity contribution in [2.75, 3.05) is 33.4 Å². The Bertz CT molecular complexity index is 1070. The Morgan fingerprint density at radius 2 is 1.95 bits per heavy atom. The van der Waals surface area contributed by atoms with Crippen molar-refractivity contribution in [3.8, 4) is 0 Å². The van der Waals surface area contributed by atoms with E-state index in [1.54, 1.807) is 18.3 Å². The molecule has 3 amide bonds. The van der Waals surface area contributed by atoms with Gasteiger partial charge in [0.2, 0.25) is 0 Å². The van der Waals surface area contributed by atoms with E-state index in [1.807, 2.05) is 24.3 Å². The number of piperidine rings is 1. The van der Waals surface area contributed by atoms with E-state index in [0.29, 0.717) is 31.7 Å². The van der Waals surface area contributed by atoms with E-state index in [-0.39, 0.29) is 12.5 Å². The van der Waals surface area contributed by atoms with Crippen molar-refractivity contribution in [2.45, 2.75) is 82.7 Å². The van der Waals surface area contributed by atoms with Gasteiger partial charge < -0.3 is 24.3 Å². The maximum atomic E-state index is 13.2. The van der Waals surface area contributed by atoms with Gasteiger partial charge in [-0.2, -0.15) is 0 Å². The monoisotopic (exact) mass is 543 g/mol. The molecule has 39 heavy (non-hydrogen) atoms. The molecule has 1 aliphatic heterocycles. The van der Waals surface area contributed by atoms with Crippen molar-refractivity contribution >= 4 is 23.1 Å². The zero-order chi connectivity index (χ0) is 27.7. The number of hydrazine groups is 1. The van der Waals surface area contributed by atoms with Gasteiger partial charge in [0.1, 0.15) is 5.58 Å². The van der Waals surface area contributed by atoms with Crippen molar-refractivity contribution in [1.82, 2.24) is 15.3 Å². The van der Waals surface area contributed by atoms with E-state index in [4.69, 9.17) is 9.15 Å². The van der Waals surface area contributed by atoms with Gasteiger partial charge in [0.15, 0.2) is 0 Å². The van der Waals surface area contributed by atoms with Gasteiger partial charge in [0.25, 0.3) is 0 Å². The summed E-state index contributed by atoms with van der Waals surface area (Å²) in [6, 6.07) is 7.26. The maximum Gasteiger partial charge on any atom is 0.426 e. The van der Waals surface area contributed by atoms with Crippen LogP contribution in [0.1, 0.15) is 82.6 Å². The summed E-state index contributed by atoms with van der Waals surface area (Å²) in [6.07, 6.45) is 12.0. The lowest BCUT2D eigenvalue weighted by Crippen LogP contribution is -2.55. The Hall–Kier alpha value is -2.78. The Balaban J connectivity index is 1.41. The molecule has 0 bridgehead atoms.